The average Bonchev–Trinajstić information content (AvgIpc) is 2.19. The predicted octanol–water partition coefficient (Wildman–Crippen LogP) is -0.131. The molecule has 0 bridgehead atoms. The van der Waals surface area contributed by atoms with E-state index in [0.29, 0.717) is 0 Å². The fourth-order valence-corrected chi connectivity index (χ4v) is 0.345. The SMILES string of the molecule is C=C[CH]n1cnnn1. The molecule has 0 spiro atoms. The van der Waals surface area contributed by atoms with Crippen LogP contribution < -0.4 is 0 Å². The second-order valence-electron chi connectivity index (χ2n) is 1.17. The molecule has 1 aromatic rings. The number of aromatic nitrogens is 4. The van der Waals surface area contributed by atoms with Crippen LogP contribution >= 0.6 is 0 Å². The van der Waals surface area contributed by atoms with Gasteiger partial charge in [0.2, 0.25) is 0 Å². The van der Waals surface area contributed by atoms with E-state index in [1.165, 1.54) is 11.0 Å². The van der Waals surface area contributed by atoms with Crippen LogP contribution in [-0.2, 0) is 0 Å². The van der Waals surface area contributed by atoms with Crippen LogP contribution in [0.2, 0.25) is 0 Å². The third kappa shape index (κ3) is 0.900. The molecule has 1 heterocycles. The van der Waals surface area contributed by atoms with Crippen molar-refractivity contribution in [2.45, 2.75) is 0 Å². The summed E-state index contributed by atoms with van der Waals surface area (Å²) in [6.45, 7) is 5.12. The Morgan fingerprint density at radius 3 is 3.00 bits per heavy atom. The first-order chi connectivity index (χ1) is 3.93. The van der Waals surface area contributed by atoms with E-state index >= 15 is 0 Å². The molecule has 0 saturated heterocycles. The highest BCUT2D eigenvalue weighted by atomic mass is 15.5. The largest absolute Gasteiger partial charge is 0.223 e. The topological polar surface area (TPSA) is 43.6 Å². The highest BCUT2D eigenvalue weighted by Crippen LogP contribution is 1.78. The van der Waals surface area contributed by atoms with Gasteiger partial charge in [-0.3, -0.25) is 0 Å². The Kier molecular flexibility index (Phi) is 1.37. The van der Waals surface area contributed by atoms with Gasteiger partial charge in [0, 0.05) is 0 Å². The van der Waals surface area contributed by atoms with Crippen LogP contribution in [0.4, 0.5) is 0 Å². The average molecular weight is 109 g/mol. The predicted molar refractivity (Wildman–Crippen MR) is 27.7 cm³/mol. The van der Waals surface area contributed by atoms with E-state index in [9.17, 15) is 0 Å². The summed E-state index contributed by atoms with van der Waals surface area (Å²) in [6.07, 6.45) is 3.10. The molecule has 0 aromatic carbocycles. The highest BCUT2D eigenvalue weighted by molar-refractivity contribution is 4.85. The normalized spacial score (nSPS) is 9.00. The van der Waals surface area contributed by atoms with Gasteiger partial charge in [-0.1, -0.05) is 6.08 Å². The zero-order valence-electron chi connectivity index (χ0n) is 4.23. The van der Waals surface area contributed by atoms with Gasteiger partial charge in [-0.25, -0.2) is 4.68 Å². The van der Waals surface area contributed by atoms with Crippen molar-refractivity contribution in [3.05, 3.63) is 25.5 Å². The molecule has 4 nitrogen and oxygen atoms in total. The van der Waals surface area contributed by atoms with Gasteiger partial charge in [-0.2, -0.15) is 0 Å². The van der Waals surface area contributed by atoms with E-state index in [4.69, 9.17) is 0 Å². The van der Waals surface area contributed by atoms with E-state index in [1.807, 2.05) is 0 Å². The Labute approximate surface area is 46.8 Å². The van der Waals surface area contributed by atoms with Crippen LogP contribution in [0.15, 0.2) is 19.0 Å². The Hall–Kier alpha value is -1.19. The van der Waals surface area contributed by atoms with Gasteiger partial charge < -0.3 is 0 Å². The Balaban J connectivity index is 2.62. The molecule has 0 aliphatic heterocycles. The van der Waals surface area contributed by atoms with Crippen molar-refractivity contribution >= 4 is 0 Å². The summed E-state index contributed by atoms with van der Waals surface area (Å²) in [4.78, 5) is 0. The quantitative estimate of drug-likeness (QED) is 0.531. The maximum atomic E-state index is 3.53. The van der Waals surface area contributed by atoms with Crippen molar-refractivity contribution < 1.29 is 0 Å². The lowest BCUT2D eigenvalue weighted by atomic mass is 10.6. The third-order valence-corrected chi connectivity index (χ3v) is 0.623. The Morgan fingerprint density at radius 1 is 1.62 bits per heavy atom. The van der Waals surface area contributed by atoms with Crippen molar-refractivity contribution in [2.75, 3.05) is 0 Å². The minimum atomic E-state index is 1.47. The molecule has 0 fully saturated rings. The first-order valence-corrected chi connectivity index (χ1v) is 2.12. The van der Waals surface area contributed by atoms with Crippen molar-refractivity contribution in [3.63, 3.8) is 0 Å². The maximum Gasteiger partial charge on any atom is 0.138 e. The molecule has 0 N–H and O–H groups in total. The molecule has 0 atom stereocenters. The standard InChI is InChI=1S/C4H5N4/c1-2-3-8-4-5-6-7-8/h2-4H,1H2. The summed E-state index contributed by atoms with van der Waals surface area (Å²) in [6, 6.07) is 0. The van der Waals surface area contributed by atoms with Gasteiger partial charge in [0.25, 0.3) is 0 Å². The zero-order valence-corrected chi connectivity index (χ0v) is 4.23. The first kappa shape index (κ1) is 4.96. The van der Waals surface area contributed by atoms with Crippen molar-refractivity contribution in [1.29, 1.82) is 0 Å². The lowest BCUT2D eigenvalue weighted by Crippen LogP contribution is -1.91. The van der Waals surface area contributed by atoms with Gasteiger partial charge in [0.1, 0.15) is 6.33 Å². The summed E-state index contributed by atoms with van der Waals surface area (Å²) in [5, 5.41) is 10.3. The van der Waals surface area contributed by atoms with Crippen LogP contribution in [0.3, 0.4) is 0 Å². The fraction of sp³-hybridized carbons (Fsp3) is 0. The number of allylic oxidation sites excluding steroid dienone is 1. The lowest BCUT2D eigenvalue weighted by Gasteiger charge is -1.84. The monoisotopic (exact) mass is 109 g/mol. The number of nitrogens with zero attached hydrogens (tertiary/aromatic N) is 4. The first-order valence-electron chi connectivity index (χ1n) is 2.12. The van der Waals surface area contributed by atoms with Crippen LogP contribution in [-0.4, -0.2) is 20.2 Å². The molecule has 0 saturated carbocycles. The maximum absolute atomic E-state index is 3.53. The second-order valence-corrected chi connectivity index (χ2v) is 1.17. The molecule has 0 amide bonds. The molecule has 8 heavy (non-hydrogen) atoms. The molecule has 0 aliphatic carbocycles. The molecule has 1 radical (unpaired) electrons. The van der Waals surface area contributed by atoms with E-state index in [0.717, 1.165) is 0 Å². The molecular weight excluding hydrogens is 104 g/mol. The van der Waals surface area contributed by atoms with E-state index < -0.39 is 0 Å². The molecular formula is C4H5N4. The van der Waals surface area contributed by atoms with Crippen LogP contribution in [0.25, 0.3) is 0 Å². The summed E-state index contributed by atoms with van der Waals surface area (Å²) < 4.78 is 1.47. The highest BCUT2D eigenvalue weighted by Gasteiger charge is 1.83. The van der Waals surface area contributed by atoms with E-state index in [-0.39, 0.29) is 0 Å². The lowest BCUT2D eigenvalue weighted by molar-refractivity contribution is 0.759. The fourth-order valence-electron chi connectivity index (χ4n) is 0.345. The Bertz CT molecular complexity index is 155. The number of hydrogen-bond donors (Lipinski definition) is 0. The zero-order chi connectivity index (χ0) is 5.82. The summed E-state index contributed by atoms with van der Waals surface area (Å²) in [7, 11) is 0. The van der Waals surface area contributed by atoms with Crippen molar-refractivity contribution in [2.24, 2.45) is 0 Å². The van der Waals surface area contributed by atoms with Crippen LogP contribution in [0.1, 0.15) is 0 Å². The minimum absolute atomic E-state index is 1.47. The number of hydrogen-bond acceptors (Lipinski definition) is 3. The van der Waals surface area contributed by atoms with Gasteiger partial charge in [-0.05, 0) is 10.4 Å². The minimum Gasteiger partial charge on any atom is -0.223 e. The molecule has 1 aromatic heterocycles. The van der Waals surface area contributed by atoms with Gasteiger partial charge >= 0.3 is 0 Å². The Morgan fingerprint density at radius 2 is 2.50 bits per heavy atom. The van der Waals surface area contributed by atoms with Crippen LogP contribution in [0, 0.1) is 6.54 Å². The third-order valence-electron chi connectivity index (χ3n) is 0.623. The van der Waals surface area contributed by atoms with Gasteiger partial charge in [0.05, 0.1) is 6.54 Å². The van der Waals surface area contributed by atoms with Crippen molar-refractivity contribution in [1.82, 2.24) is 20.2 Å². The smallest absolute Gasteiger partial charge is 0.138 e. The number of rotatable bonds is 2. The number of tetrazole rings is 1. The van der Waals surface area contributed by atoms with Gasteiger partial charge in [-0.15, -0.1) is 11.7 Å². The molecule has 1 rings (SSSR count). The summed E-state index contributed by atoms with van der Waals surface area (Å²) in [5.41, 5.74) is 0. The van der Waals surface area contributed by atoms with Gasteiger partial charge in [0.15, 0.2) is 0 Å². The summed E-state index contributed by atoms with van der Waals surface area (Å²) >= 11 is 0. The second kappa shape index (κ2) is 2.20. The van der Waals surface area contributed by atoms with Crippen LogP contribution in [0.5, 0.6) is 0 Å². The van der Waals surface area contributed by atoms with Crippen molar-refractivity contribution in [3.8, 4) is 0 Å². The van der Waals surface area contributed by atoms with E-state index in [1.54, 1.807) is 12.6 Å². The molecule has 0 unspecified atom stereocenters. The van der Waals surface area contributed by atoms with E-state index in [2.05, 4.69) is 22.1 Å². The molecule has 4 heteroatoms. The summed E-state index contributed by atoms with van der Waals surface area (Å²) in [5.74, 6) is 0. The molecule has 41 valence electrons. The molecule has 0 aliphatic rings.